The second-order valence-corrected chi connectivity index (χ2v) is 13.0. The van der Waals surface area contributed by atoms with Crippen molar-refractivity contribution in [2.45, 2.75) is 161 Å². The van der Waals surface area contributed by atoms with E-state index in [0.29, 0.717) is 12.8 Å². The Kier molecular flexibility index (Phi) is 29.5. The predicted octanol–water partition coefficient (Wildman–Crippen LogP) is 7.72. The molecule has 1 unspecified atom stereocenters. The Bertz CT molecular complexity index is 761. The summed E-state index contributed by atoms with van der Waals surface area (Å²) < 4.78 is 32.4. The minimum Gasteiger partial charge on any atom is -0.462 e. The maximum absolute atomic E-state index is 12.4. The van der Waals surface area contributed by atoms with Crippen LogP contribution in [0.5, 0.6) is 0 Å². The predicted molar refractivity (Wildman–Crippen MR) is 173 cm³/mol. The lowest BCUT2D eigenvalue weighted by Crippen LogP contribution is -2.29. The number of phosphoric ester groups is 1. The number of ether oxygens (including phenoxy) is 2. The molecule has 0 heterocycles. The molecule has 0 rings (SSSR count). The number of esters is 2. The second-order valence-electron chi connectivity index (χ2n) is 11.5. The molecular weight excluding hydrogens is 587 g/mol. The Labute approximate surface area is 266 Å². The minimum absolute atomic E-state index is 0.183. The van der Waals surface area contributed by atoms with Gasteiger partial charge in [0.25, 0.3) is 0 Å². The Morgan fingerprint density at radius 2 is 1.11 bits per heavy atom. The van der Waals surface area contributed by atoms with Crippen molar-refractivity contribution < 1.29 is 47.8 Å². The third-order valence-electron chi connectivity index (χ3n) is 7.17. The summed E-state index contributed by atoms with van der Waals surface area (Å²) in [7, 11) is -4.60. The Hall–Kier alpha value is -1.29. The van der Waals surface area contributed by atoms with Crippen molar-refractivity contribution in [1.29, 1.82) is 0 Å². The molecule has 0 aliphatic carbocycles. The normalized spacial score (nSPS) is 14.4. The molecule has 0 bridgehead atoms. The summed E-state index contributed by atoms with van der Waals surface area (Å²) in [5.74, 6) is -0.947. The zero-order valence-electron chi connectivity index (χ0n) is 27.6. The molecule has 0 radical (unpaired) electrons. The van der Waals surface area contributed by atoms with E-state index >= 15 is 0 Å². The number of carbonyl (C=O) groups excluding carboxylic acids is 2. The molecule has 0 amide bonds. The Morgan fingerprint density at radius 3 is 1.66 bits per heavy atom. The number of hydrogen-bond donors (Lipinski definition) is 3. The average molecular weight is 651 g/mol. The quantitative estimate of drug-likeness (QED) is 0.0286. The van der Waals surface area contributed by atoms with E-state index in [1.54, 1.807) is 0 Å². The summed E-state index contributed by atoms with van der Waals surface area (Å²) in [5, 5.41) is 18.2. The molecule has 0 aromatic carbocycles. The molecule has 0 aliphatic heterocycles. The van der Waals surface area contributed by atoms with Crippen LogP contribution in [0.25, 0.3) is 0 Å². The standard InChI is InChI=1S/C33H63O10P/c1-3-5-7-9-11-13-14-15-16-17-19-20-22-24-32(36)40-28-31(29-42-44(38,39)41-27-30(35)26-34)43-33(37)25-23-21-18-12-10-8-6-4-2/h15-16,30-31,34-35H,3-14,17-29H2,1-2H3,(H,38,39)/b16-15+/t30-,31+/m1/s1. The first kappa shape index (κ1) is 42.7. The number of hydrogen-bond acceptors (Lipinski definition) is 9. The van der Waals surface area contributed by atoms with Crippen molar-refractivity contribution in [1.82, 2.24) is 0 Å². The number of unbranched alkanes of at least 4 members (excludes halogenated alkanes) is 16. The largest absolute Gasteiger partial charge is 0.472 e. The smallest absolute Gasteiger partial charge is 0.462 e. The first-order valence-electron chi connectivity index (χ1n) is 17.1. The van der Waals surface area contributed by atoms with E-state index in [1.807, 2.05) is 0 Å². The molecule has 0 aliphatic rings. The molecule has 0 fully saturated rings. The molecule has 0 aromatic heterocycles. The molecule has 0 saturated heterocycles. The van der Waals surface area contributed by atoms with Gasteiger partial charge in [0.1, 0.15) is 12.7 Å². The fourth-order valence-electron chi connectivity index (χ4n) is 4.46. The fraction of sp³-hybridized carbons (Fsp3) is 0.879. The van der Waals surface area contributed by atoms with Gasteiger partial charge in [-0.3, -0.25) is 18.6 Å². The number of phosphoric acid groups is 1. The van der Waals surface area contributed by atoms with Gasteiger partial charge in [0.05, 0.1) is 19.8 Å². The number of rotatable bonds is 32. The highest BCUT2D eigenvalue weighted by Crippen LogP contribution is 2.43. The second kappa shape index (κ2) is 30.4. The van der Waals surface area contributed by atoms with Crippen LogP contribution in [0, 0.1) is 0 Å². The molecule has 3 atom stereocenters. The van der Waals surface area contributed by atoms with Crippen molar-refractivity contribution in [2.24, 2.45) is 0 Å². The van der Waals surface area contributed by atoms with E-state index in [1.165, 1.54) is 64.2 Å². The van der Waals surface area contributed by atoms with Crippen LogP contribution in [-0.2, 0) is 32.7 Å². The van der Waals surface area contributed by atoms with Crippen LogP contribution in [0.2, 0.25) is 0 Å². The Morgan fingerprint density at radius 1 is 0.659 bits per heavy atom. The molecular formula is C33H63O10P. The van der Waals surface area contributed by atoms with Gasteiger partial charge < -0.3 is 24.6 Å². The van der Waals surface area contributed by atoms with Crippen molar-refractivity contribution in [3.05, 3.63) is 12.2 Å². The van der Waals surface area contributed by atoms with Crippen LogP contribution in [0.15, 0.2) is 12.2 Å². The van der Waals surface area contributed by atoms with Gasteiger partial charge in [-0.1, -0.05) is 109 Å². The molecule has 260 valence electrons. The maximum atomic E-state index is 12.4. The van der Waals surface area contributed by atoms with E-state index < -0.39 is 51.8 Å². The highest BCUT2D eigenvalue weighted by atomic mass is 31.2. The summed E-state index contributed by atoms with van der Waals surface area (Å²) in [6.45, 7) is 2.29. The van der Waals surface area contributed by atoms with E-state index in [9.17, 15) is 24.2 Å². The minimum atomic E-state index is -4.60. The zero-order valence-corrected chi connectivity index (χ0v) is 28.5. The number of aliphatic hydroxyl groups is 2. The molecule has 11 heteroatoms. The average Bonchev–Trinajstić information content (AvgIpc) is 3.00. The first-order chi connectivity index (χ1) is 21.2. The Balaban J connectivity index is 4.41. The molecule has 3 N–H and O–H groups in total. The summed E-state index contributed by atoms with van der Waals surface area (Å²) in [4.78, 5) is 34.5. The lowest BCUT2D eigenvalue weighted by atomic mass is 10.1. The maximum Gasteiger partial charge on any atom is 0.472 e. The molecule has 0 spiro atoms. The van der Waals surface area contributed by atoms with Crippen LogP contribution < -0.4 is 0 Å². The monoisotopic (exact) mass is 650 g/mol. The van der Waals surface area contributed by atoms with Crippen molar-refractivity contribution >= 4 is 19.8 Å². The highest BCUT2D eigenvalue weighted by molar-refractivity contribution is 7.47. The molecule has 10 nitrogen and oxygen atoms in total. The summed E-state index contributed by atoms with van der Waals surface area (Å²) in [6.07, 6.45) is 23.5. The molecule has 0 aromatic rings. The van der Waals surface area contributed by atoms with Crippen LogP contribution in [0.3, 0.4) is 0 Å². The van der Waals surface area contributed by atoms with Gasteiger partial charge >= 0.3 is 19.8 Å². The third kappa shape index (κ3) is 29.4. The molecule has 0 saturated carbocycles. The van der Waals surface area contributed by atoms with E-state index in [4.69, 9.17) is 19.1 Å². The van der Waals surface area contributed by atoms with Gasteiger partial charge in [-0.25, -0.2) is 4.57 Å². The van der Waals surface area contributed by atoms with Crippen molar-refractivity contribution in [3.8, 4) is 0 Å². The van der Waals surface area contributed by atoms with Gasteiger partial charge in [0, 0.05) is 12.8 Å². The topological polar surface area (TPSA) is 149 Å². The summed E-state index contributed by atoms with van der Waals surface area (Å²) in [5.41, 5.74) is 0. The summed E-state index contributed by atoms with van der Waals surface area (Å²) >= 11 is 0. The van der Waals surface area contributed by atoms with Crippen LogP contribution in [-0.4, -0.2) is 65.7 Å². The van der Waals surface area contributed by atoms with Crippen molar-refractivity contribution in [2.75, 3.05) is 26.4 Å². The van der Waals surface area contributed by atoms with Crippen LogP contribution >= 0.6 is 7.82 Å². The summed E-state index contributed by atoms with van der Waals surface area (Å²) in [6, 6.07) is 0. The van der Waals surface area contributed by atoms with Gasteiger partial charge in [-0.05, 0) is 38.5 Å². The highest BCUT2D eigenvalue weighted by Gasteiger charge is 2.27. The number of allylic oxidation sites excluding steroid dienone is 2. The first-order valence-corrected chi connectivity index (χ1v) is 18.6. The zero-order chi connectivity index (χ0) is 32.7. The lowest BCUT2D eigenvalue weighted by molar-refractivity contribution is -0.161. The number of aliphatic hydroxyl groups excluding tert-OH is 2. The van der Waals surface area contributed by atoms with E-state index in [2.05, 4.69) is 30.5 Å². The lowest BCUT2D eigenvalue weighted by Gasteiger charge is -2.20. The van der Waals surface area contributed by atoms with E-state index in [-0.39, 0.29) is 19.4 Å². The van der Waals surface area contributed by atoms with Gasteiger partial charge in [-0.15, -0.1) is 0 Å². The van der Waals surface area contributed by atoms with Gasteiger partial charge in [-0.2, -0.15) is 0 Å². The third-order valence-corrected chi connectivity index (χ3v) is 8.12. The van der Waals surface area contributed by atoms with Crippen LogP contribution in [0.1, 0.15) is 149 Å². The number of carbonyl (C=O) groups is 2. The molecule has 44 heavy (non-hydrogen) atoms. The van der Waals surface area contributed by atoms with Crippen LogP contribution in [0.4, 0.5) is 0 Å². The van der Waals surface area contributed by atoms with E-state index in [0.717, 1.165) is 44.9 Å². The fourth-order valence-corrected chi connectivity index (χ4v) is 5.25. The SMILES string of the molecule is CCCCCCCC/C=C/CCCCCC(=O)OC[C@@H](COP(=O)(O)OC[C@H](O)CO)OC(=O)CCCCCCCCCC. The van der Waals surface area contributed by atoms with Gasteiger partial charge in [0.15, 0.2) is 6.10 Å². The van der Waals surface area contributed by atoms with Gasteiger partial charge in [0.2, 0.25) is 0 Å². The van der Waals surface area contributed by atoms with Crippen molar-refractivity contribution in [3.63, 3.8) is 0 Å².